The molecular formula is C48H74N5O20P4S+. The van der Waals surface area contributed by atoms with Crippen molar-refractivity contribution in [3.63, 3.8) is 0 Å². The molecule has 0 saturated carbocycles. The van der Waals surface area contributed by atoms with Crippen LogP contribution in [0.3, 0.4) is 0 Å². The van der Waals surface area contributed by atoms with E-state index < -0.39 is 82.9 Å². The number of carboxylic acids is 1. The number of allylic oxidation sites excluding steroid dienone is 4. The van der Waals surface area contributed by atoms with Crippen molar-refractivity contribution in [1.29, 1.82) is 0 Å². The van der Waals surface area contributed by atoms with E-state index in [1.807, 2.05) is 27.7 Å². The summed E-state index contributed by atoms with van der Waals surface area (Å²) >= 11 is 0. The van der Waals surface area contributed by atoms with Gasteiger partial charge in [-0.25, -0.2) is 22.8 Å². The molecule has 4 rings (SSSR count). The highest BCUT2D eigenvalue weighted by Gasteiger charge is 2.48. The first-order valence-corrected chi connectivity index (χ1v) is 32.4. The molecule has 0 saturated heterocycles. The van der Waals surface area contributed by atoms with Crippen LogP contribution < -0.4 is 21.3 Å². The van der Waals surface area contributed by atoms with E-state index in [4.69, 9.17) is 19.2 Å². The maximum absolute atomic E-state index is 14.3. The van der Waals surface area contributed by atoms with Crippen molar-refractivity contribution in [2.24, 2.45) is 0 Å². The number of hydrogen-bond donors (Lipinski definition) is 11. The third-order valence-corrected chi connectivity index (χ3v) is 17.6. The number of carbonyl (C=O) groups excluding carboxylic acids is 3. The number of unbranched alkanes of at least 4 members (excludes halogenated alkanes) is 9. The minimum absolute atomic E-state index is 0.00598. The summed E-state index contributed by atoms with van der Waals surface area (Å²) in [6, 6.07) is 5.91. The van der Waals surface area contributed by atoms with Crippen molar-refractivity contribution >= 4 is 83.4 Å². The molecule has 2 aliphatic rings. The van der Waals surface area contributed by atoms with E-state index in [1.54, 1.807) is 28.9 Å². The number of anilines is 1. The van der Waals surface area contributed by atoms with Crippen LogP contribution in [0.1, 0.15) is 171 Å². The van der Waals surface area contributed by atoms with Crippen molar-refractivity contribution in [2.75, 3.05) is 50.5 Å². The second-order valence-electron chi connectivity index (χ2n) is 19.7. The fraction of sp³-hybridized carbons (Fsp3) is 0.562. The van der Waals surface area contributed by atoms with Crippen molar-refractivity contribution in [3.05, 3.63) is 81.6 Å². The molecule has 2 heterocycles. The number of amides is 3. The first-order chi connectivity index (χ1) is 36.4. The average molecular weight is 1200 g/mol. The topological polar surface area (TPSA) is 383 Å². The van der Waals surface area contributed by atoms with E-state index >= 15 is 0 Å². The summed E-state index contributed by atoms with van der Waals surface area (Å²) < 4.78 is 87.4. The second-order valence-corrected chi connectivity index (χ2v) is 26.2. The van der Waals surface area contributed by atoms with Gasteiger partial charge < -0.3 is 50.8 Å². The summed E-state index contributed by atoms with van der Waals surface area (Å²) in [6.45, 7) is 9.90. The molecule has 25 nitrogen and oxygen atoms in total. The van der Waals surface area contributed by atoms with E-state index in [0.717, 1.165) is 25.7 Å². The van der Waals surface area contributed by atoms with E-state index in [9.17, 15) is 60.7 Å². The van der Waals surface area contributed by atoms with E-state index in [-0.39, 0.29) is 67.9 Å². The minimum atomic E-state index is -5.03. The Hall–Kier alpha value is -4.06. The van der Waals surface area contributed by atoms with Crippen molar-refractivity contribution in [1.82, 2.24) is 16.0 Å². The molecule has 2 aromatic rings. The Morgan fingerprint density at radius 3 is 1.79 bits per heavy atom. The van der Waals surface area contributed by atoms with Crippen LogP contribution >= 0.6 is 32.5 Å². The Labute approximate surface area is 456 Å². The summed E-state index contributed by atoms with van der Waals surface area (Å²) in [5, 5.41) is 22.0. The van der Waals surface area contributed by atoms with Gasteiger partial charge in [-0.05, 0) is 75.8 Å². The molecule has 11 N–H and O–H groups in total. The smallest absolute Gasteiger partial charge is 0.478 e. The zero-order valence-electron chi connectivity index (χ0n) is 44.3. The van der Waals surface area contributed by atoms with Crippen LogP contribution in [-0.2, 0) is 52.3 Å². The lowest BCUT2D eigenvalue weighted by Crippen LogP contribution is -2.32. The second kappa shape index (κ2) is 29.6. The number of phosphoric ester groups is 2. The van der Waals surface area contributed by atoms with Gasteiger partial charge >= 0.3 is 29.4 Å². The van der Waals surface area contributed by atoms with Crippen molar-refractivity contribution in [2.45, 2.75) is 129 Å². The van der Waals surface area contributed by atoms with Crippen LogP contribution in [-0.4, -0.2) is 122 Å². The van der Waals surface area contributed by atoms with Crippen LogP contribution in [0, 0.1) is 0 Å². The predicted molar refractivity (Wildman–Crippen MR) is 292 cm³/mol. The lowest BCUT2D eigenvalue weighted by Gasteiger charge is -2.23. The molecule has 78 heavy (non-hydrogen) atoms. The van der Waals surface area contributed by atoms with Crippen LogP contribution in [0.25, 0.3) is 0 Å². The summed E-state index contributed by atoms with van der Waals surface area (Å²) in [6.07, 6.45) is 12.5. The number of aromatic carboxylic acids is 1. The van der Waals surface area contributed by atoms with Crippen LogP contribution in [0.5, 0.6) is 0 Å². The molecule has 0 bridgehead atoms. The number of carboxylic acid groups (broad SMARTS) is 1. The van der Waals surface area contributed by atoms with Gasteiger partial charge in [0.15, 0.2) is 14.7 Å². The molecule has 0 radical (unpaired) electrons. The first kappa shape index (κ1) is 66.5. The number of nitrogens with one attached hydrogen (secondary N) is 4. The fourth-order valence-corrected chi connectivity index (χ4v) is 12.5. The quantitative estimate of drug-likeness (QED) is 0.0137. The van der Waals surface area contributed by atoms with Crippen molar-refractivity contribution < 1.29 is 97.7 Å². The van der Waals surface area contributed by atoms with Crippen molar-refractivity contribution in [3.8, 4) is 0 Å². The Morgan fingerprint density at radius 1 is 0.705 bits per heavy atom. The maximum Gasteiger partial charge on any atom is 0.486 e. The number of nitrogens with zero attached hydrogens (tertiary/aromatic N) is 1. The Bertz CT molecular complexity index is 2850. The Morgan fingerprint density at radius 2 is 1.24 bits per heavy atom. The van der Waals surface area contributed by atoms with Gasteiger partial charge in [0.05, 0.1) is 41.1 Å². The number of hydrogen-bond acceptors (Lipinski definition) is 15. The van der Waals surface area contributed by atoms with E-state index in [0.29, 0.717) is 85.4 Å². The number of fused-ring (bicyclic) bond motifs is 2. The predicted octanol–water partition coefficient (Wildman–Crippen LogP) is 7.63. The number of rotatable bonds is 35. The summed E-state index contributed by atoms with van der Waals surface area (Å²) in [4.78, 5) is 99.9. The van der Waals surface area contributed by atoms with Gasteiger partial charge in [0.1, 0.15) is 6.54 Å². The number of benzene rings is 2. The van der Waals surface area contributed by atoms with E-state index in [2.05, 4.69) is 41.3 Å². The highest BCUT2D eigenvalue weighted by atomic mass is 32.2. The molecule has 2 aromatic carbocycles. The monoisotopic (exact) mass is 1200 g/mol. The number of carbonyl (C=O) groups is 4. The standard InChI is InChI=1S/C48H73N5O20P4S/c1-6-7-8-13-23-50-44(55)35-30-34(46(57)58)31-37-41(35)47(2,3)39(52-37)20-18-21-40-48(4,5)42-36(45(56)51-24-15-9-11-16-26-70-75(60,61)62)29-33(32-38(42)53(40)25-19-28-78(67,68)69)43(54)49-22-14-10-12-17-27-71-76(63,64)73-77(65,66)72-74-59/h18,20-21,29-32,59,74H,6-17,19,22-28H2,1-5H3,(H9,49,50,51,54,55,56,57,58,60,61,62,63,64,65,66,67,68,69)/p+1. The summed E-state index contributed by atoms with van der Waals surface area (Å²) in [7, 11) is -20.5. The third-order valence-electron chi connectivity index (χ3n) is 12.9. The molecule has 3 atom stereocenters. The molecule has 436 valence electrons. The molecule has 3 unspecified atom stereocenters. The minimum Gasteiger partial charge on any atom is -0.478 e. The highest BCUT2D eigenvalue weighted by Crippen LogP contribution is 2.62. The molecule has 0 spiro atoms. The normalized spacial score (nSPS) is 17.0. The molecule has 3 amide bonds. The van der Waals surface area contributed by atoms with Crippen LogP contribution in [0.2, 0.25) is 0 Å². The van der Waals surface area contributed by atoms with Gasteiger partial charge in [0, 0.05) is 66.1 Å². The molecular weight excluding hydrogens is 1120 g/mol. The summed E-state index contributed by atoms with van der Waals surface area (Å²) in [5.74, 6) is -3.30. The first-order valence-electron chi connectivity index (χ1n) is 25.4. The van der Waals surface area contributed by atoms with Gasteiger partial charge in [-0.1, -0.05) is 71.8 Å². The fourth-order valence-electron chi connectivity index (χ4n) is 9.18. The lowest BCUT2D eigenvalue weighted by molar-refractivity contribution is -0.437. The van der Waals surface area contributed by atoms with Gasteiger partial charge in [0.25, 0.3) is 27.8 Å². The zero-order chi connectivity index (χ0) is 58.1. The lowest BCUT2D eigenvalue weighted by atomic mass is 9.78. The van der Waals surface area contributed by atoms with Crippen LogP contribution in [0.4, 0.5) is 11.4 Å². The Balaban J connectivity index is 1.66. The van der Waals surface area contributed by atoms with Gasteiger partial charge in [-0.15, -0.1) is 0 Å². The van der Waals surface area contributed by atoms with Crippen LogP contribution in [0.15, 0.2) is 48.2 Å². The molecule has 0 fully saturated rings. The molecule has 30 heteroatoms. The molecule has 2 aliphatic heterocycles. The van der Waals surface area contributed by atoms with Gasteiger partial charge in [0.2, 0.25) is 5.69 Å². The van der Waals surface area contributed by atoms with Gasteiger partial charge in [-0.3, -0.25) is 28.0 Å². The zero-order valence-corrected chi connectivity index (χ0v) is 48.8. The van der Waals surface area contributed by atoms with E-state index in [1.165, 1.54) is 18.2 Å². The van der Waals surface area contributed by atoms with Gasteiger partial charge in [-0.2, -0.15) is 17.3 Å². The molecule has 0 aromatic heterocycles. The third kappa shape index (κ3) is 20.2. The Kier molecular flexibility index (Phi) is 25.2. The molecule has 0 aliphatic carbocycles. The largest absolute Gasteiger partial charge is 0.486 e. The number of phosphoric acid groups is 3. The summed E-state index contributed by atoms with van der Waals surface area (Å²) in [5.41, 5.74) is 1.69. The average Bonchev–Trinajstić information content (AvgIpc) is 3.74. The SMILES string of the molecule is CCCCCCNC(=O)c1cc(C(=O)O)cc2c1C(C)(C)/C(=C\C=C\C1=[N+](CCCS(=O)(=O)O)c3cc(C(=O)NCCCCCCOP(=O)(O)OP(=O)(O)OPO)cc(C(=O)NCCCCCCOP(=O)(O)O)c3C1(C)C)N2. The highest BCUT2D eigenvalue weighted by molar-refractivity contribution is 7.85. The maximum atomic E-state index is 14.3.